The van der Waals surface area contributed by atoms with Crippen molar-refractivity contribution in [3.63, 3.8) is 0 Å². The third-order valence-corrected chi connectivity index (χ3v) is 5.73. The molecular formula is C22H25NO3S. The summed E-state index contributed by atoms with van der Waals surface area (Å²) in [5.74, 6) is -0.557. The van der Waals surface area contributed by atoms with Gasteiger partial charge in [0.05, 0.1) is 12.2 Å². The van der Waals surface area contributed by atoms with Crippen LogP contribution >= 0.6 is 11.3 Å². The second-order valence-electron chi connectivity index (χ2n) is 6.64. The Kier molecular flexibility index (Phi) is 6.82. The van der Waals surface area contributed by atoms with Gasteiger partial charge < -0.3 is 10.1 Å². The van der Waals surface area contributed by atoms with E-state index in [1.54, 1.807) is 6.08 Å². The molecule has 1 aromatic heterocycles. The van der Waals surface area contributed by atoms with E-state index in [4.69, 9.17) is 4.74 Å². The van der Waals surface area contributed by atoms with E-state index in [0.29, 0.717) is 17.2 Å². The van der Waals surface area contributed by atoms with Gasteiger partial charge >= 0.3 is 5.97 Å². The molecule has 0 fully saturated rings. The molecule has 142 valence electrons. The summed E-state index contributed by atoms with van der Waals surface area (Å²) in [6, 6.07) is 9.66. The molecule has 1 N–H and O–H groups in total. The lowest BCUT2D eigenvalue weighted by Gasteiger charge is -2.08. The van der Waals surface area contributed by atoms with Crippen molar-refractivity contribution >= 4 is 34.3 Å². The van der Waals surface area contributed by atoms with Crippen LogP contribution in [0.2, 0.25) is 0 Å². The van der Waals surface area contributed by atoms with Gasteiger partial charge in [-0.3, -0.25) is 4.79 Å². The Morgan fingerprint density at radius 1 is 1.15 bits per heavy atom. The summed E-state index contributed by atoms with van der Waals surface area (Å²) in [4.78, 5) is 26.3. The molecule has 0 radical (unpaired) electrons. The van der Waals surface area contributed by atoms with Crippen molar-refractivity contribution < 1.29 is 14.3 Å². The molecule has 1 heterocycles. The predicted molar refractivity (Wildman–Crippen MR) is 110 cm³/mol. The molecular weight excluding hydrogens is 358 g/mol. The van der Waals surface area contributed by atoms with Gasteiger partial charge in [-0.1, -0.05) is 43.7 Å². The lowest BCUT2D eigenvalue weighted by molar-refractivity contribution is -0.111. The zero-order valence-electron chi connectivity index (χ0n) is 15.6. The quantitative estimate of drug-likeness (QED) is 0.422. The number of esters is 1. The number of ether oxygens (including phenoxy) is 1. The average Bonchev–Trinajstić information content (AvgIpc) is 2.85. The minimum Gasteiger partial charge on any atom is -0.462 e. The van der Waals surface area contributed by atoms with Gasteiger partial charge in [-0.2, -0.15) is 0 Å². The number of benzene rings is 1. The van der Waals surface area contributed by atoms with E-state index >= 15 is 0 Å². The molecule has 1 aromatic carbocycles. The van der Waals surface area contributed by atoms with Crippen LogP contribution in [-0.4, -0.2) is 18.5 Å². The van der Waals surface area contributed by atoms with E-state index in [0.717, 1.165) is 43.2 Å². The number of nitrogens with one attached hydrogen (secondary N) is 1. The van der Waals surface area contributed by atoms with Crippen LogP contribution < -0.4 is 5.32 Å². The summed E-state index contributed by atoms with van der Waals surface area (Å²) in [6.45, 7) is 2.36. The number of rotatable bonds is 6. The van der Waals surface area contributed by atoms with Gasteiger partial charge in [-0.25, -0.2) is 4.79 Å². The molecule has 1 amide bonds. The van der Waals surface area contributed by atoms with Gasteiger partial charge in [0.15, 0.2) is 0 Å². The number of anilines is 1. The number of hydrogen-bond acceptors (Lipinski definition) is 4. The van der Waals surface area contributed by atoms with Crippen LogP contribution in [0.1, 0.15) is 59.0 Å². The normalized spacial score (nSPS) is 13.8. The Hall–Kier alpha value is -2.40. The van der Waals surface area contributed by atoms with Gasteiger partial charge in [0.25, 0.3) is 0 Å². The number of hydrogen-bond donors (Lipinski definition) is 1. The summed E-state index contributed by atoms with van der Waals surface area (Å²) in [7, 11) is 0. The van der Waals surface area contributed by atoms with Crippen LogP contribution in [0.25, 0.3) is 6.08 Å². The van der Waals surface area contributed by atoms with E-state index in [1.807, 2.05) is 37.3 Å². The minimum atomic E-state index is -0.321. The van der Waals surface area contributed by atoms with Crippen LogP contribution in [0, 0.1) is 0 Å². The summed E-state index contributed by atoms with van der Waals surface area (Å²) in [5, 5.41) is 3.52. The first-order valence-corrected chi connectivity index (χ1v) is 10.4. The summed E-state index contributed by atoms with van der Waals surface area (Å²) < 4.78 is 5.39. The SMILES string of the molecule is CCCOC(=O)c1c(NC(=O)/C=C\c2ccccc2)sc2c1CCCCC2. The van der Waals surface area contributed by atoms with Crippen molar-refractivity contribution in [3.05, 3.63) is 58.0 Å². The number of carbonyl (C=O) groups is 2. The van der Waals surface area contributed by atoms with Crippen LogP contribution in [0.15, 0.2) is 36.4 Å². The molecule has 2 aromatic rings. The number of aryl methyl sites for hydroxylation is 1. The Labute approximate surface area is 164 Å². The molecule has 0 bridgehead atoms. The summed E-state index contributed by atoms with van der Waals surface area (Å²) in [5.41, 5.74) is 2.59. The third-order valence-electron chi connectivity index (χ3n) is 4.53. The van der Waals surface area contributed by atoms with Gasteiger partial charge in [0.2, 0.25) is 5.91 Å². The van der Waals surface area contributed by atoms with Gasteiger partial charge in [-0.05, 0) is 49.3 Å². The smallest absolute Gasteiger partial charge is 0.341 e. The second kappa shape index (κ2) is 9.51. The average molecular weight is 384 g/mol. The van der Waals surface area contributed by atoms with Gasteiger partial charge in [0, 0.05) is 11.0 Å². The first-order valence-electron chi connectivity index (χ1n) is 9.54. The highest BCUT2D eigenvalue weighted by Crippen LogP contribution is 2.38. The molecule has 0 unspecified atom stereocenters. The van der Waals surface area contributed by atoms with Gasteiger partial charge in [-0.15, -0.1) is 11.3 Å². The maximum atomic E-state index is 12.6. The highest BCUT2D eigenvalue weighted by atomic mass is 32.1. The standard InChI is InChI=1S/C22H25NO3S/c1-2-15-26-22(25)20-17-11-7-4-8-12-18(17)27-21(20)23-19(24)14-13-16-9-5-3-6-10-16/h3,5-6,9-10,13-14H,2,4,7-8,11-12,15H2,1H3,(H,23,24)/b14-13-. The minimum absolute atomic E-state index is 0.236. The monoisotopic (exact) mass is 383 g/mol. The van der Waals surface area contributed by atoms with Crippen molar-refractivity contribution in [1.29, 1.82) is 0 Å². The molecule has 27 heavy (non-hydrogen) atoms. The zero-order chi connectivity index (χ0) is 19.1. The third kappa shape index (κ3) is 5.07. The molecule has 0 spiro atoms. The number of thiophene rings is 1. The first kappa shape index (κ1) is 19.4. The Balaban J connectivity index is 1.82. The van der Waals surface area contributed by atoms with Crippen molar-refractivity contribution in [2.75, 3.05) is 11.9 Å². The van der Waals surface area contributed by atoms with Crippen molar-refractivity contribution in [1.82, 2.24) is 0 Å². The lowest BCUT2D eigenvalue weighted by atomic mass is 10.1. The summed E-state index contributed by atoms with van der Waals surface area (Å²) in [6.07, 6.45) is 9.25. The molecule has 0 saturated carbocycles. The Morgan fingerprint density at radius 2 is 1.93 bits per heavy atom. The molecule has 5 heteroatoms. The molecule has 4 nitrogen and oxygen atoms in total. The fraction of sp³-hybridized carbons (Fsp3) is 0.364. The second-order valence-corrected chi connectivity index (χ2v) is 7.74. The summed E-state index contributed by atoms with van der Waals surface area (Å²) >= 11 is 1.52. The Morgan fingerprint density at radius 3 is 2.70 bits per heavy atom. The van der Waals surface area contributed by atoms with Crippen molar-refractivity contribution in [2.45, 2.75) is 45.4 Å². The number of fused-ring (bicyclic) bond motifs is 1. The zero-order valence-corrected chi connectivity index (χ0v) is 16.4. The highest BCUT2D eigenvalue weighted by molar-refractivity contribution is 7.17. The number of carbonyl (C=O) groups excluding carboxylic acids is 2. The molecule has 1 aliphatic carbocycles. The van der Waals surface area contributed by atoms with E-state index in [2.05, 4.69) is 5.32 Å². The van der Waals surface area contributed by atoms with Crippen LogP contribution in [0.4, 0.5) is 5.00 Å². The molecule has 0 aliphatic heterocycles. The fourth-order valence-corrected chi connectivity index (χ4v) is 4.48. The van der Waals surface area contributed by atoms with Crippen LogP contribution in [0.3, 0.4) is 0 Å². The largest absolute Gasteiger partial charge is 0.462 e. The lowest BCUT2D eigenvalue weighted by Crippen LogP contribution is -2.13. The fourth-order valence-electron chi connectivity index (χ4n) is 3.20. The van der Waals surface area contributed by atoms with Crippen LogP contribution in [-0.2, 0) is 22.4 Å². The predicted octanol–water partition coefficient (Wildman–Crippen LogP) is 5.24. The van der Waals surface area contributed by atoms with E-state index in [1.165, 1.54) is 28.7 Å². The van der Waals surface area contributed by atoms with Crippen LogP contribution in [0.5, 0.6) is 0 Å². The molecule has 3 rings (SSSR count). The maximum Gasteiger partial charge on any atom is 0.341 e. The molecule has 0 atom stereocenters. The van der Waals surface area contributed by atoms with Crippen molar-refractivity contribution in [3.8, 4) is 0 Å². The molecule has 1 aliphatic rings. The van der Waals surface area contributed by atoms with E-state index in [9.17, 15) is 9.59 Å². The van der Waals surface area contributed by atoms with E-state index in [-0.39, 0.29) is 11.9 Å². The highest BCUT2D eigenvalue weighted by Gasteiger charge is 2.26. The van der Waals surface area contributed by atoms with E-state index < -0.39 is 0 Å². The Bertz CT molecular complexity index is 824. The van der Waals surface area contributed by atoms with Crippen molar-refractivity contribution in [2.24, 2.45) is 0 Å². The first-order chi connectivity index (χ1) is 13.2. The topological polar surface area (TPSA) is 55.4 Å². The van der Waals surface area contributed by atoms with Gasteiger partial charge in [0.1, 0.15) is 5.00 Å². The maximum absolute atomic E-state index is 12.6. The number of amides is 1. The molecule has 0 saturated heterocycles.